The van der Waals surface area contributed by atoms with E-state index in [1.54, 1.807) is 12.1 Å². The van der Waals surface area contributed by atoms with Gasteiger partial charge in [-0.3, -0.25) is 10.1 Å². The van der Waals surface area contributed by atoms with Gasteiger partial charge in [0.1, 0.15) is 6.10 Å². The Balaban J connectivity index is 2.30. The first-order valence-electron chi connectivity index (χ1n) is 4.83. The molecule has 0 N–H and O–H groups in total. The van der Waals surface area contributed by atoms with E-state index in [0.29, 0.717) is 5.56 Å². The van der Waals surface area contributed by atoms with E-state index in [0.717, 1.165) is 0 Å². The molecule has 1 unspecified atom stereocenters. The number of nitro benzene ring substituents is 1. The lowest BCUT2D eigenvalue weighted by atomic mass is 10.1. The van der Waals surface area contributed by atoms with Gasteiger partial charge in [-0.2, -0.15) is 0 Å². The number of hydrogen-bond donors (Lipinski definition) is 0. The van der Waals surface area contributed by atoms with Crippen molar-refractivity contribution in [1.82, 2.24) is 0 Å². The van der Waals surface area contributed by atoms with Gasteiger partial charge in [-0.15, -0.1) is 0 Å². The van der Waals surface area contributed by atoms with Crippen molar-refractivity contribution in [3.05, 3.63) is 51.8 Å². The molecule has 0 spiro atoms. The third kappa shape index (κ3) is 2.10. The largest absolute Gasteiger partial charge is 0.490 e. The molecule has 0 saturated carbocycles. The zero-order valence-corrected chi connectivity index (χ0v) is 8.95. The fraction of sp³-hybridized carbons (Fsp3) is 0.182. The van der Waals surface area contributed by atoms with Crippen molar-refractivity contribution in [1.29, 1.82) is 0 Å². The van der Waals surface area contributed by atoms with Crippen LogP contribution in [0.5, 0.6) is 0 Å². The summed E-state index contributed by atoms with van der Waals surface area (Å²) in [6.45, 7) is 0. The number of benzene rings is 1. The van der Waals surface area contributed by atoms with Crippen LogP contribution in [-0.4, -0.2) is 18.0 Å². The minimum Gasteiger partial charge on any atom is -0.490 e. The summed E-state index contributed by atoms with van der Waals surface area (Å²) in [6.07, 6.45) is 0.860. The van der Waals surface area contributed by atoms with E-state index in [4.69, 9.17) is 9.47 Å². The second-order valence-electron chi connectivity index (χ2n) is 3.41. The zero-order valence-electron chi connectivity index (χ0n) is 8.95. The van der Waals surface area contributed by atoms with Crippen molar-refractivity contribution in [3.8, 4) is 0 Å². The number of carbonyl (C=O) groups is 1. The van der Waals surface area contributed by atoms with Gasteiger partial charge < -0.3 is 9.47 Å². The molecule has 1 aromatic rings. The summed E-state index contributed by atoms with van der Waals surface area (Å²) in [7, 11) is 1.36. The highest BCUT2D eigenvalue weighted by Gasteiger charge is 2.28. The number of rotatable bonds is 3. The van der Waals surface area contributed by atoms with Crippen LogP contribution < -0.4 is 0 Å². The summed E-state index contributed by atoms with van der Waals surface area (Å²) in [5.74, 6) is -0.453. The van der Waals surface area contributed by atoms with Gasteiger partial charge in [0.2, 0.25) is 5.76 Å². The van der Waals surface area contributed by atoms with Gasteiger partial charge in [-0.1, -0.05) is 12.1 Å². The second kappa shape index (κ2) is 4.25. The zero-order chi connectivity index (χ0) is 12.4. The third-order valence-corrected chi connectivity index (χ3v) is 2.37. The average Bonchev–Trinajstić information content (AvgIpc) is 2.71. The number of nitrogens with zero attached hydrogens (tertiary/aromatic N) is 1. The summed E-state index contributed by atoms with van der Waals surface area (Å²) < 4.78 is 9.81. The normalized spacial score (nSPS) is 18.5. The molecule has 0 fully saturated rings. The summed E-state index contributed by atoms with van der Waals surface area (Å²) in [5, 5.41) is 10.6. The lowest BCUT2D eigenvalue weighted by molar-refractivity contribution is -0.385. The number of methoxy groups -OCH3 is 1. The molecular formula is C11H9NO5. The van der Waals surface area contributed by atoms with Crippen LogP contribution in [0.15, 0.2) is 36.1 Å². The number of non-ortho nitro benzene ring substituents is 1. The number of ether oxygens (including phenoxy) is 2. The Bertz CT molecular complexity index is 508. The van der Waals surface area contributed by atoms with Crippen LogP contribution in [0.2, 0.25) is 0 Å². The predicted octanol–water partition coefficient (Wildman–Crippen LogP) is 1.72. The monoisotopic (exact) mass is 235 g/mol. The topological polar surface area (TPSA) is 78.7 Å². The highest BCUT2D eigenvalue weighted by molar-refractivity contribution is 5.88. The Hall–Kier alpha value is -2.37. The van der Waals surface area contributed by atoms with Crippen LogP contribution in [0.3, 0.4) is 0 Å². The molecule has 17 heavy (non-hydrogen) atoms. The molecule has 0 aromatic heterocycles. The van der Waals surface area contributed by atoms with Crippen LogP contribution in [0, 0.1) is 10.1 Å². The number of hydrogen-bond acceptors (Lipinski definition) is 5. The molecular weight excluding hydrogens is 226 g/mol. The quantitative estimate of drug-likeness (QED) is 0.452. The lowest BCUT2D eigenvalue weighted by Gasteiger charge is -2.07. The van der Waals surface area contributed by atoms with Crippen LogP contribution >= 0.6 is 0 Å². The predicted molar refractivity (Wildman–Crippen MR) is 57.0 cm³/mol. The first-order valence-corrected chi connectivity index (χ1v) is 4.83. The standard InChI is InChI=1S/C11H9NO5/c1-16-10-6-9(17-11(10)13)7-3-2-4-8(5-7)12(14)15/h2-6,9H,1H3. The molecule has 0 aliphatic carbocycles. The molecule has 1 aliphatic heterocycles. The number of nitro groups is 1. The first-order chi connectivity index (χ1) is 8.11. The number of cyclic esters (lactones) is 1. The smallest absolute Gasteiger partial charge is 0.374 e. The second-order valence-corrected chi connectivity index (χ2v) is 3.41. The van der Waals surface area contributed by atoms with Crippen LogP contribution in [0.1, 0.15) is 11.7 Å². The van der Waals surface area contributed by atoms with Crippen LogP contribution in [0.25, 0.3) is 0 Å². The van der Waals surface area contributed by atoms with E-state index >= 15 is 0 Å². The molecule has 88 valence electrons. The Morgan fingerprint density at radius 2 is 2.24 bits per heavy atom. The van der Waals surface area contributed by atoms with Gasteiger partial charge >= 0.3 is 5.97 Å². The first kappa shape index (κ1) is 11.1. The lowest BCUT2D eigenvalue weighted by Crippen LogP contribution is -2.03. The molecule has 6 nitrogen and oxygen atoms in total. The van der Waals surface area contributed by atoms with Crippen molar-refractivity contribution in [2.24, 2.45) is 0 Å². The molecule has 2 rings (SSSR count). The summed E-state index contributed by atoms with van der Waals surface area (Å²) in [4.78, 5) is 21.4. The van der Waals surface area contributed by atoms with E-state index in [9.17, 15) is 14.9 Å². The Kier molecular flexibility index (Phi) is 2.78. The van der Waals surface area contributed by atoms with Gasteiger partial charge in [-0.25, -0.2) is 4.79 Å². The summed E-state index contributed by atoms with van der Waals surface area (Å²) in [5.41, 5.74) is 0.498. The maximum absolute atomic E-state index is 11.3. The van der Waals surface area contributed by atoms with E-state index < -0.39 is 17.0 Å². The van der Waals surface area contributed by atoms with Crippen molar-refractivity contribution in [2.45, 2.75) is 6.10 Å². The maximum atomic E-state index is 11.3. The molecule has 0 bridgehead atoms. The SMILES string of the molecule is COC1=CC(c2cccc([N+](=O)[O-])c2)OC1=O. The van der Waals surface area contributed by atoms with Crippen LogP contribution in [-0.2, 0) is 14.3 Å². The van der Waals surface area contributed by atoms with E-state index in [1.807, 2.05) is 0 Å². The van der Waals surface area contributed by atoms with Gasteiger partial charge in [0.25, 0.3) is 5.69 Å². The van der Waals surface area contributed by atoms with Gasteiger partial charge in [0.15, 0.2) is 0 Å². The van der Waals surface area contributed by atoms with Crippen LogP contribution in [0.4, 0.5) is 5.69 Å². The average molecular weight is 235 g/mol. The maximum Gasteiger partial charge on any atom is 0.374 e. The van der Waals surface area contributed by atoms with E-state index in [2.05, 4.69) is 0 Å². The molecule has 1 heterocycles. The Labute approximate surface area is 96.6 Å². The molecule has 0 saturated heterocycles. The van der Waals surface area contributed by atoms with Gasteiger partial charge in [-0.05, 0) is 0 Å². The highest BCUT2D eigenvalue weighted by Crippen LogP contribution is 2.29. The van der Waals surface area contributed by atoms with E-state index in [1.165, 1.54) is 25.3 Å². The number of carbonyl (C=O) groups excluding carboxylic acids is 1. The Morgan fingerprint density at radius 1 is 1.47 bits per heavy atom. The van der Waals surface area contributed by atoms with Crippen molar-refractivity contribution < 1.29 is 19.2 Å². The molecule has 1 aromatic carbocycles. The third-order valence-electron chi connectivity index (χ3n) is 2.37. The molecule has 6 heteroatoms. The molecule has 0 radical (unpaired) electrons. The molecule has 1 atom stereocenters. The van der Waals surface area contributed by atoms with Crippen molar-refractivity contribution in [3.63, 3.8) is 0 Å². The summed E-state index contributed by atoms with van der Waals surface area (Å²) >= 11 is 0. The van der Waals surface area contributed by atoms with Gasteiger partial charge in [0, 0.05) is 23.8 Å². The van der Waals surface area contributed by atoms with E-state index in [-0.39, 0.29) is 11.4 Å². The molecule has 1 aliphatic rings. The number of esters is 1. The highest BCUT2D eigenvalue weighted by atomic mass is 16.6. The fourth-order valence-electron chi connectivity index (χ4n) is 1.54. The summed E-state index contributed by atoms with van der Waals surface area (Å²) in [6, 6.07) is 5.94. The molecule has 0 amide bonds. The van der Waals surface area contributed by atoms with Crippen molar-refractivity contribution >= 4 is 11.7 Å². The Morgan fingerprint density at radius 3 is 2.82 bits per heavy atom. The van der Waals surface area contributed by atoms with Crippen molar-refractivity contribution in [2.75, 3.05) is 7.11 Å². The minimum atomic E-state index is -0.627. The fourth-order valence-corrected chi connectivity index (χ4v) is 1.54. The van der Waals surface area contributed by atoms with Gasteiger partial charge in [0.05, 0.1) is 12.0 Å². The minimum absolute atomic E-state index is 0.0437.